The first-order valence-corrected chi connectivity index (χ1v) is 19.9. The Morgan fingerprint density at radius 3 is 1.79 bits per heavy atom. The van der Waals surface area contributed by atoms with Gasteiger partial charge in [0.15, 0.2) is 5.78 Å². The molecule has 3 rings (SSSR count). The number of ketones is 1. The highest BCUT2D eigenvalue weighted by Gasteiger charge is 2.37. The third kappa shape index (κ3) is 16.1. The van der Waals surface area contributed by atoms with Gasteiger partial charge in [-0.2, -0.15) is 0 Å². The summed E-state index contributed by atoms with van der Waals surface area (Å²) >= 11 is 0. The van der Waals surface area contributed by atoms with Gasteiger partial charge in [-0.25, -0.2) is 4.79 Å². The molecule has 1 aliphatic rings. The van der Waals surface area contributed by atoms with E-state index in [0.717, 1.165) is 36.0 Å². The van der Waals surface area contributed by atoms with E-state index in [9.17, 15) is 29.1 Å². The molecule has 1 aliphatic heterocycles. The highest BCUT2D eigenvalue weighted by atomic mass is 16.4. The molecule has 0 radical (unpaired) electrons. The number of hydrogen-bond acceptors (Lipinski definition) is 5. The largest absolute Gasteiger partial charge is 0.480 e. The summed E-state index contributed by atoms with van der Waals surface area (Å²) in [6.45, 7) is 4.59. The van der Waals surface area contributed by atoms with E-state index in [2.05, 4.69) is 17.6 Å². The van der Waals surface area contributed by atoms with E-state index in [-0.39, 0.29) is 36.9 Å². The van der Waals surface area contributed by atoms with Crippen LogP contribution < -0.4 is 10.6 Å². The molecule has 0 aliphatic carbocycles. The molecule has 0 spiro atoms. The first-order chi connectivity index (χ1) is 25.2. The lowest BCUT2D eigenvalue weighted by molar-refractivity contribution is -0.142. The number of nitrogens with one attached hydrogen (secondary N) is 2. The van der Waals surface area contributed by atoms with Gasteiger partial charge in [0.2, 0.25) is 17.7 Å². The topological polar surface area (TPSA) is 133 Å². The van der Waals surface area contributed by atoms with Crippen molar-refractivity contribution in [3.63, 3.8) is 0 Å². The number of carbonyl (C=O) groups is 5. The zero-order chi connectivity index (χ0) is 37.6. The zero-order valence-electron chi connectivity index (χ0n) is 31.7. The second kappa shape index (κ2) is 24.3. The standard InChI is InChI=1S/C43H63N3O6/c1-3-4-5-6-7-8-9-10-11-12-13-14-18-23-40(48)44-36(31-34-20-16-15-17-21-34)42(50)46-30-19-22-38(46)39(47)28-29-41(49)45-37(43(51)52)32-35-26-24-33(2)25-27-35/h15-17,20-21,24-27,36-38H,3-14,18-19,22-23,28-32H2,1-2H3,(H,44,48)(H,45,49)(H,51,52)/t36-,37-,38-/m0/s1. The first-order valence-electron chi connectivity index (χ1n) is 19.9. The van der Waals surface area contributed by atoms with E-state index in [1.165, 1.54) is 64.2 Å². The second-order valence-corrected chi connectivity index (χ2v) is 14.6. The number of amides is 3. The summed E-state index contributed by atoms with van der Waals surface area (Å²) in [5.41, 5.74) is 2.76. The predicted molar refractivity (Wildman–Crippen MR) is 206 cm³/mol. The maximum absolute atomic E-state index is 14.0. The Kier molecular flexibility index (Phi) is 19.8. The summed E-state index contributed by atoms with van der Waals surface area (Å²) in [5, 5.41) is 15.2. The van der Waals surface area contributed by atoms with Gasteiger partial charge in [0, 0.05) is 38.6 Å². The van der Waals surface area contributed by atoms with Gasteiger partial charge in [0.25, 0.3) is 0 Å². The Hall–Kier alpha value is -4.01. The van der Waals surface area contributed by atoms with Crippen LogP contribution in [0.3, 0.4) is 0 Å². The molecule has 0 unspecified atom stereocenters. The summed E-state index contributed by atoms with van der Waals surface area (Å²) in [4.78, 5) is 66.6. The van der Waals surface area contributed by atoms with Crippen LogP contribution in [0, 0.1) is 6.92 Å². The number of aryl methyl sites for hydroxylation is 1. The van der Waals surface area contributed by atoms with Crippen molar-refractivity contribution in [1.29, 1.82) is 0 Å². The molecule has 9 heteroatoms. The quantitative estimate of drug-likeness (QED) is 0.0857. The Morgan fingerprint density at radius 2 is 1.19 bits per heavy atom. The molecule has 0 bridgehead atoms. The SMILES string of the molecule is CCCCCCCCCCCCCCCC(=O)N[C@@H](Cc1ccccc1)C(=O)N1CCC[C@H]1C(=O)CCC(=O)N[C@@H](Cc1ccc(C)cc1)C(=O)O. The molecule has 9 nitrogen and oxygen atoms in total. The van der Waals surface area contributed by atoms with Crippen LogP contribution in [0.5, 0.6) is 0 Å². The fourth-order valence-electron chi connectivity index (χ4n) is 7.01. The number of Topliss-reactive ketones (excluding diaryl/α,β-unsaturated/α-hetero) is 1. The lowest BCUT2D eigenvalue weighted by Crippen LogP contribution is -2.52. The molecule has 1 fully saturated rings. The molecular weight excluding hydrogens is 654 g/mol. The van der Waals surface area contributed by atoms with Gasteiger partial charge in [0.05, 0.1) is 6.04 Å². The average Bonchev–Trinajstić information content (AvgIpc) is 3.63. The van der Waals surface area contributed by atoms with E-state index < -0.39 is 30.0 Å². The molecule has 1 saturated heterocycles. The van der Waals surface area contributed by atoms with Crippen LogP contribution in [-0.2, 0) is 36.8 Å². The highest BCUT2D eigenvalue weighted by Crippen LogP contribution is 2.22. The lowest BCUT2D eigenvalue weighted by atomic mass is 10.0. The van der Waals surface area contributed by atoms with Crippen molar-refractivity contribution in [1.82, 2.24) is 15.5 Å². The Balaban J connectivity index is 1.46. The monoisotopic (exact) mass is 717 g/mol. The summed E-state index contributed by atoms with van der Waals surface area (Å²) in [7, 11) is 0. The lowest BCUT2D eigenvalue weighted by Gasteiger charge is -2.29. The van der Waals surface area contributed by atoms with Gasteiger partial charge in [-0.05, 0) is 37.3 Å². The van der Waals surface area contributed by atoms with E-state index in [0.29, 0.717) is 32.2 Å². The molecule has 3 atom stereocenters. The summed E-state index contributed by atoms with van der Waals surface area (Å²) in [6, 6.07) is 14.4. The van der Waals surface area contributed by atoms with Crippen LogP contribution >= 0.6 is 0 Å². The van der Waals surface area contributed by atoms with Gasteiger partial charge in [-0.1, -0.05) is 144 Å². The van der Waals surface area contributed by atoms with E-state index in [1.54, 1.807) is 4.90 Å². The third-order valence-electron chi connectivity index (χ3n) is 10.1. The fraction of sp³-hybridized carbons (Fsp3) is 0.605. The number of carbonyl (C=O) groups excluding carboxylic acids is 4. The first kappa shape index (κ1) is 42.4. The van der Waals surface area contributed by atoms with Crippen molar-refractivity contribution in [3.05, 3.63) is 71.3 Å². The Labute approximate surface area is 311 Å². The molecule has 1 heterocycles. The van der Waals surface area contributed by atoms with Crippen LogP contribution in [0.25, 0.3) is 0 Å². The number of unbranched alkanes of at least 4 members (excludes halogenated alkanes) is 12. The number of aliphatic carboxylic acids is 1. The maximum Gasteiger partial charge on any atom is 0.326 e. The molecule has 0 aromatic heterocycles. The van der Waals surface area contributed by atoms with Gasteiger partial charge < -0.3 is 20.6 Å². The predicted octanol–water partition coefficient (Wildman–Crippen LogP) is 7.66. The van der Waals surface area contributed by atoms with Crippen molar-refractivity contribution >= 4 is 29.5 Å². The van der Waals surface area contributed by atoms with Gasteiger partial charge in [-0.3, -0.25) is 19.2 Å². The van der Waals surface area contributed by atoms with Crippen molar-refractivity contribution < 1.29 is 29.1 Å². The molecule has 286 valence electrons. The second-order valence-electron chi connectivity index (χ2n) is 14.6. The minimum absolute atomic E-state index is 0.105. The van der Waals surface area contributed by atoms with Crippen LogP contribution in [0.2, 0.25) is 0 Å². The molecule has 52 heavy (non-hydrogen) atoms. The smallest absolute Gasteiger partial charge is 0.326 e. The normalized spacial score (nSPS) is 15.2. The number of benzene rings is 2. The van der Waals surface area contributed by atoms with Crippen molar-refractivity contribution in [2.75, 3.05) is 6.54 Å². The number of carboxylic acids is 1. The summed E-state index contributed by atoms with van der Waals surface area (Å²) < 4.78 is 0. The fourth-order valence-corrected chi connectivity index (χ4v) is 7.01. The van der Waals surface area contributed by atoms with Gasteiger partial charge >= 0.3 is 5.97 Å². The maximum atomic E-state index is 14.0. The molecule has 0 saturated carbocycles. The number of likely N-dealkylation sites (tertiary alicyclic amines) is 1. The minimum atomic E-state index is -1.14. The summed E-state index contributed by atoms with van der Waals surface area (Å²) in [5.74, 6) is -2.34. The molecule has 3 amide bonds. The van der Waals surface area contributed by atoms with Crippen molar-refractivity contribution in [2.45, 2.75) is 160 Å². The van der Waals surface area contributed by atoms with Gasteiger partial charge in [0.1, 0.15) is 12.1 Å². The van der Waals surface area contributed by atoms with E-state index in [4.69, 9.17) is 0 Å². The zero-order valence-corrected chi connectivity index (χ0v) is 31.7. The minimum Gasteiger partial charge on any atom is -0.480 e. The molecule has 2 aromatic carbocycles. The van der Waals surface area contributed by atoms with Crippen molar-refractivity contribution in [3.8, 4) is 0 Å². The third-order valence-corrected chi connectivity index (χ3v) is 10.1. The van der Waals surface area contributed by atoms with Crippen LogP contribution in [0.4, 0.5) is 0 Å². The van der Waals surface area contributed by atoms with Crippen LogP contribution in [-0.4, -0.2) is 64.2 Å². The Bertz CT molecular complexity index is 1380. The molecule has 2 aromatic rings. The number of hydrogen-bond donors (Lipinski definition) is 3. The van der Waals surface area contributed by atoms with E-state index in [1.807, 2.05) is 61.5 Å². The Morgan fingerprint density at radius 1 is 0.673 bits per heavy atom. The van der Waals surface area contributed by atoms with Crippen LogP contribution in [0.15, 0.2) is 54.6 Å². The number of rotatable bonds is 26. The van der Waals surface area contributed by atoms with E-state index >= 15 is 0 Å². The molecular formula is C43H63N3O6. The average molecular weight is 718 g/mol. The van der Waals surface area contributed by atoms with Crippen LogP contribution in [0.1, 0.15) is 139 Å². The van der Waals surface area contributed by atoms with Crippen molar-refractivity contribution in [2.24, 2.45) is 0 Å². The number of carboxylic acid groups (broad SMARTS) is 1. The number of nitrogens with zero attached hydrogens (tertiary/aromatic N) is 1. The molecule has 3 N–H and O–H groups in total. The summed E-state index contributed by atoms with van der Waals surface area (Å²) in [6.07, 6.45) is 17.6. The van der Waals surface area contributed by atoms with Gasteiger partial charge in [-0.15, -0.1) is 0 Å². The highest BCUT2D eigenvalue weighted by molar-refractivity contribution is 5.95.